The van der Waals surface area contributed by atoms with Gasteiger partial charge in [-0.15, -0.1) is 0 Å². The van der Waals surface area contributed by atoms with E-state index in [0.717, 1.165) is 5.56 Å². The molecule has 0 amide bonds. The molecule has 2 unspecified atom stereocenters. The summed E-state index contributed by atoms with van der Waals surface area (Å²) in [5, 5.41) is 0. The van der Waals surface area contributed by atoms with Gasteiger partial charge in [0.2, 0.25) is 0 Å². The van der Waals surface area contributed by atoms with Gasteiger partial charge in [-0.25, -0.2) is 0 Å². The average Bonchev–Trinajstić information content (AvgIpc) is 2.01. The molecule has 0 saturated heterocycles. The second-order valence-corrected chi connectivity index (χ2v) is 5.20. The Hall–Kier alpha value is -0.360. The van der Waals surface area contributed by atoms with Crippen molar-refractivity contribution in [2.45, 2.75) is 23.8 Å². The monoisotopic (exact) mass is 309 g/mol. The molecular weight excluding hydrogens is 296 g/mol. The number of hydrogen-bond acceptors (Lipinski definition) is 2. The summed E-state index contributed by atoms with van der Waals surface area (Å²) in [7, 11) is 0. The third kappa shape index (κ3) is 3.79. The maximum Gasteiger partial charge on any atom is 0.295 e. The highest BCUT2D eigenvalue weighted by molar-refractivity contribution is 14.1. The molecule has 2 nitrogen and oxygen atoms in total. The van der Waals surface area contributed by atoms with Gasteiger partial charge in [0, 0.05) is 35.6 Å². The number of nitrogens with two attached hydrogens (primary N) is 1. The van der Waals surface area contributed by atoms with E-state index in [4.69, 9.17) is 10.5 Å². The first kappa shape index (κ1) is 11.7. The molecule has 78 valence electrons. The van der Waals surface area contributed by atoms with Crippen LogP contribution in [0.5, 0.6) is 5.75 Å². The third-order valence-electron chi connectivity index (χ3n) is 1.68. The summed E-state index contributed by atoms with van der Waals surface area (Å²) < 4.78 is 16.5. The summed E-state index contributed by atoms with van der Waals surface area (Å²) in [5.41, 5.74) is 6.63. The van der Waals surface area contributed by atoms with Crippen LogP contribution < -0.4 is 10.5 Å². The highest BCUT2D eigenvalue weighted by Gasteiger charge is 2.19. The van der Waals surface area contributed by atoms with Crippen molar-refractivity contribution in [3.05, 3.63) is 29.8 Å². The second-order valence-electron chi connectivity index (χ2n) is 3.27. The van der Waals surface area contributed by atoms with Gasteiger partial charge >= 0.3 is 0 Å². The molecule has 1 rings (SSSR count). The topological polar surface area (TPSA) is 35.2 Å². The molecule has 4 heteroatoms. The van der Waals surface area contributed by atoms with Crippen LogP contribution in [0, 0.1) is 0 Å². The molecule has 0 radical (unpaired) electrons. The molecule has 0 bridgehead atoms. The Bertz CT molecular complexity index is 309. The Labute approximate surface area is 96.8 Å². The lowest BCUT2D eigenvalue weighted by atomic mass is 10.1. The number of benzene rings is 1. The molecule has 0 aliphatic carbocycles. The van der Waals surface area contributed by atoms with Crippen molar-refractivity contribution in [1.82, 2.24) is 0 Å². The molecule has 0 aliphatic heterocycles. The molecule has 2 N–H and O–H groups in total. The van der Waals surface area contributed by atoms with Crippen LogP contribution in [0.25, 0.3) is 0 Å². The van der Waals surface area contributed by atoms with E-state index in [0.29, 0.717) is 5.75 Å². The normalized spacial score (nSPS) is 17.2. The van der Waals surface area contributed by atoms with Crippen molar-refractivity contribution in [2.75, 3.05) is 0 Å². The van der Waals surface area contributed by atoms with Crippen LogP contribution in [0.1, 0.15) is 25.5 Å². The van der Waals surface area contributed by atoms with Gasteiger partial charge in [0.15, 0.2) is 0 Å². The average molecular weight is 309 g/mol. The summed E-state index contributed by atoms with van der Waals surface area (Å²) in [4.78, 5) is 0. The van der Waals surface area contributed by atoms with Crippen LogP contribution in [0.4, 0.5) is 4.39 Å². The van der Waals surface area contributed by atoms with Crippen molar-refractivity contribution < 1.29 is 9.13 Å². The lowest BCUT2D eigenvalue weighted by Gasteiger charge is -2.16. The molecule has 1 aromatic carbocycles. The fourth-order valence-electron chi connectivity index (χ4n) is 1.07. The molecular formula is C10H13FINO. The summed E-state index contributed by atoms with van der Waals surface area (Å²) in [6.07, 6.45) is 0. The molecule has 0 aromatic heterocycles. The molecule has 0 heterocycles. The summed E-state index contributed by atoms with van der Waals surface area (Å²) >= 11 is 1.59. The van der Waals surface area contributed by atoms with Crippen LogP contribution in [0.2, 0.25) is 0 Å². The molecule has 0 fully saturated rings. The molecule has 0 spiro atoms. The number of halogens is 2. The number of hydrogen-bond donors (Lipinski definition) is 1. The molecule has 1 aromatic rings. The van der Waals surface area contributed by atoms with Gasteiger partial charge in [0.05, 0.1) is 0 Å². The molecule has 0 aliphatic rings. The Morgan fingerprint density at radius 1 is 1.57 bits per heavy atom. The number of rotatable bonds is 3. The van der Waals surface area contributed by atoms with E-state index < -0.39 is 3.86 Å². The second kappa shape index (κ2) is 4.44. The predicted octanol–water partition coefficient (Wildman–Crippen LogP) is 3.16. The summed E-state index contributed by atoms with van der Waals surface area (Å²) in [5.74, 6) is 0.499. The van der Waals surface area contributed by atoms with Crippen LogP contribution in [-0.2, 0) is 0 Å². The van der Waals surface area contributed by atoms with Gasteiger partial charge in [0.1, 0.15) is 5.75 Å². The Balaban J connectivity index is 2.84. The predicted molar refractivity (Wildman–Crippen MR) is 63.2 cm³/mol. The standard InChI is InChI=1S/C10H13FINO/c1-7(13)8-4-3-5-9(6-8)14-10(2,11)12/h3-7H,13H2,1-2H3. The number of alkyl halides is 2. The van der Waals surface area contributed by atoms with Crippen molar-refractivity contribution in [3.8, 4) is 5.75 Å². The quantitative estimate of drug-likeness (QED) is 0.687. The van der Waals surface area contributed by atoms with E-state index in [-0.39, 0.29) is 6.04 Å². The minimum Gasteiger partial charge on any atom is -0.450 e. The van der Waals surface area contributed by atoms with Gasteiger partial charge in [-0.2, -0.15) is 4.39 Å². The minimum absolute atomic E-state index is 0.0707. The highest BCUT2D eigenvalue weighted by Crippen LogP contribution is 2.26. The maximum atomic E-state index is 13.1. The zero-order valence-electron chi connectivity index (χ0n) is 8.13. The molecule has 2 atom stereocenters. The van der Waals surface area contributed by atoms with E-state index in [9.17, 15) is 4.39 Å². The SMILES string of the molecule is CC(N)c1cccc(OC(C)(F)I)c1. The smallest absolute Gasteiger partial charge is 0.295 e. The van der Waals surface area contributed by atoms with Gasteiger partial charge in [0.25, 0.3) is 3.86 Å². The minimum atomic E-state index is -1.69. The van der Waals surface area contributed by atoms with Crippen LogP contribution in [0.3, 0.4) is 0 Å². The lowest BCUT2D eigenvalue weighted by Crippen LogP contribution is -2.17. The Kier molecular flexibility index (Phi) is 3.71. The summed E-state index contributed by atoms with van der Waals surface area (Å²) in [6, 6.07) is 7.08. The first-order valence-corrected chi connectivity index (χ1v) is 5.39. The largest absolute Gasteiger partial charge is 0.450 e. The van der Waals surface area contributed by atoms with Gasteiger partial charge in [-0.3, -0.25) is 0 Å². The molecule has 0 saturated carbocycles. The van der Waals surface area contributed by atoms with E-state index in [2.05, 4.69) is 0 Å². The zero-order chi connectivity index (χ0) is 10.8. The van der Waals surface area contributed by atoms with Gasteiger partial charge < -0.3 is 10.5 Å². The van der Waals surface area contributed by atoms with Crippen molar-refractivity contribution >= 4 is 22.6 Å². The van der Waals surface area contributed by atoms with Crippen molar-refractivity contribution in [3.63, 3.8) is 0 Å². The fraction of sp³-hybridized carbons (Fsp3) is 0.400. The van der Waals surface area contributed by atoms with E-state index in [1.54, 1.807) is 40.8 Å². The first-order valence-electron chi connectivity index (χ1n) is 4.31. The van der Waals surface area contributed by atoms with E-state index in [1.807, 2.05) is 13.0 Å². The van der Waals surface area contributed by atoms with E-state index >= 15 is 0 Å². The van der Waals surface area contributed by atoms with Crippen LogP contribution in [0.15, 0.2) is 24.3 Å². The van der Waals surface area contributed by atoms with E-state index in [1.165, 1.54) is 6.92 Å². The van der Waals surface area contributed by atoms with Crippen molar-refractivity contribution in [1.29, 1.82) is 0 Å². The van der Waals surface area contributed by atoms with Crippen LogP contribution >= 0.6 is 22.6 Å². The molecule has 14 heavy (non-hydrogen) atoms. The fourth-order valence-corrected chi connectivity index (χ4v) is 1.32. The number of ether oxygens (including phenoxy) is 1. The van der Waals surface area contributed by atoms with Crippen LogP contribution in [-0.4, -0.2) is 3.86 Å². The van der Waals surface area contributed by atoms with Gasteiger partial charge in [-0.05, 0) is 24.6 Å². The zero-order valence-corrected chi connectivity index (χ0v) is 10.3. The van der Waals surface area contributed by atoms with Gasteiger partial charge in [-0.1, -0.05) is 12.1 Å². The first-order chi connectivity index (χ1) is 6.38. The summed E-state index contributed by atoms with van der Waals surface area (Å²) in [6.45, 7) is 3.23. The van der Waals surface area contributed by atoms with Crippen molar-refractivity contribution in [2.24, 2.45) is 5.73 Å². The third-order valence-corrected chi connectivity index (χ3v) is 1.90. The Morgan fingerprint density at radius 2 is 2.21 bits per heavy atom. The lowest BCUT2D eigenvalue weighted by molar-refractivity contribution is 0.0672. The Morgan fingerprint density at radius 3 is 2.71 bits per heavy atom. The maximum absolute atomic E-state index is 13.1. The highest BCUT2D eigenvalue weighted by atomic mass is 127.